The van der Waals surface area contributed by atoms with Crippen LogP contribution in [0.25, 0.3) is 0 Å². The summed E-state index contributed by atoms with van der Waals surface area (Å²) in [5.74, 6) is -2.65. The van der Waals surface area contributed by atoms with Gasteiger partial charge in [-0.2, -0.15) is 0 Å². The summed E-state index contributed by atoms with van der Waals surface area (Å²) >= 11 is 0. The number of carboxylic acids is 1. The van der Waals surface area contributed by atoms with Crippen molar-refractivity contribution in [2.24, 2.45) is 5.92 Å². The van der Waals surface area contributed by atoms with E-state index in [0.29, 0.717) is 0 Å². The standard InChI is InChI=1S/C5H9O4S.W/c1-4(5(6)7)3-10(2,8)9;/h4H,1,3H2,2H3,(H,6,7);/q-1;. The third-order valence-corrected chi connectivity index (χ3v) is 1.86. The van der Waals surface area contributed by atoms with Crippen molar-refractivity contribution in [2.75, 3.05) is 12.0 Å². The van der Waals surface area contributed by atoms with E-state index in [-0.39, 0.29) is 21.1 Å². The van der Waals surface area contributed by atoms with Gasteiger partial charge in [0.2, 0.25) is 0 Å². The number of aliphatic carboxylic acids is 1. The van der Waals surface area contributed by atoms with Gasteiger partial charge in [-0.1, -0.05) is 5.92 Å². The maximum absolute atomic E-state index is 10.4. The fourth-order valence-electron chi connectivity index (χ4n) is 0.437. The van der Waals surface area contributed by atoms with Crippen LogP contribution >= 0.6 is 0 Å². The van der Waals surface area contributed by atoms with Crippen molar-refractivity contribution in [2.45, 2.75) is 0 Å². The van der Waals surface area contributed by atoms with Crippen LogP contribution in [0.4, 0.5) is 0 Å². The minimum atomic E-state index is -3.21. The van der Waals surface area contributed by atoms with Crippen LogP contribution in [-0.4, -0.2) is 31.5 Å². The van der Waals surface area contributed by atoms with E-state index in [9.17, 15) is 13.2 Å². The summed E-state index contributed by atoms with van der Waals surface area (Å²) < 4.78 is 20.9. The monoisotopic (exact) mass is 349 g/mol. The molecule has 0 bridgehead atoms. The number of carboxylic acid groups (broad SMARTS) is 1. The first-order valence-electron chi connectivity index (χ1n) is 2.56. The predicted octanol–water partition coefficient (Wildman–Crippen LogP) is -0.437. The molecular weight excluding hydrogens is 340 g/mol. The second-order valence-electron chi connectivity index (χ2n) is 2.13. The molecule has 0 spiro atoms. The first kappa shape index (κ1) is 13.7. The topological polar surface area (TPSA) is 71.4 Å². The molecule has 0 aliphatic heterocycles. The summed E-state index contributed by atoms with van der Waals surface area (Å²) in [5, 5.41) is 8.22. The summed E-state index contributed by atoms with van der Waals surface area (Å²) in [7, 11) is -3.21. The van der Waals surface area contributed by atoms with Gasteiger partial charge in [-0.15, -0.1) is 0 Å². The van der Waals surface area contributed by atoms with Gasteiger partial charge in [-0.25, -0.2) is 8.42 Å². The molecule has 0 aromatic rings. The summed E-state index contributed by atoms with van der Waals surface area (Å²) in [4.78, 5) is 10.1. The number of sulfone groups is 1. The van der Waals surface area contributed by atoms with Gasteiger partial charge < -0.3 is 12.0 Å². The van der Waals surface area contributed by atoms with E-state index in [1.54, 1.807) is 0 Å². The first-order chi connectivity index (χ1) is 4.33. The second kappa shape index (κ2) is 4.88. The molecule has 0 aromatic heterocycles. The largest absolute Gasteiger partial charge is 0.483 e. The molecule has 0 amide bonds. The summed E-state index contributed by atoms with van der Waals surface area (Å²) in [6.07, 6.45) is 0.980. The Labute approximate surface area is 80.2 Å². The molecule has 0 fully saturated rings. The van der Waals surface area contributed by atoms with Gasteiger partial charge in [0.25, 0.3) is 5.97 Å². The van der Waals surface area contributed by atoms with Gasteiger partial charge >= 0.3 is 0 Å². The van der Waals surface area contributed by atoms with E-state index < -0.39 is 27.5 Å². The number of rotatable bonds is 3. The fourth-order valence-corrected chi connectivity index (χ4v) is 1.31. The van der Waals surface area contributed by atoms with Crippen molar-refractivity contribution in [1.82, 2.24) is 0 Å². The Kier molecular flexibility index (Phi) is 6.07. The third kappa shape index (κ3) is 8.01. The van der Waals surface area contributed by atoms with Crippen molar-refractivity contribution in [1.29, 1.82) is 0 Å². The van der Waals surface area contributed by atoms with E-state index >= 15 is 0 Å². The van der Waals surface area contributed by atoms with Gasteiger partial charge in [-0.3, -0.25) is 4.79 Å². The van der Waals surface area contributed by atoms with Crippen LogP contribution in [0, 0.1) is 12.8 Å². The van der Waals surface area contributed by atoms with Crippen LogP contribution in [0.2, 0.25) is 0 Å². The molecule has 66 valence electrons. The van der Waals surface area contributed by atoms with Crippen LogP contribution in [0.5, 0.6) is 0 Å². The van der Waals surface area contributed by atoms with Crippen LogP contribution in [0.1, 0.15) is 0 Å². The zero-order valence-electron chi connectivity index (χ0n) is 5.98. The Hall–Kier alpha value is 0.108. The molecule has 1 N–H and O–H groups in total. The number of carbonyl (C=O) groups is 1. The first-order valence-corrected chi connectivity index (χ1v) is 4.62. The number of hydrogen-bond acceptors (Lipinski definition) is 3. The average molecular weight is 349 g/mol. The minimum absolute atomic E-state index is 0. The Morgan fingerprint density at radius 3 is 2.09 bits per heavy atom. The minimum Gasteiger partial charge on any atom is -0.483 e. The summed E-state index contributed by atoms with van der Waals surface area (Å²) in [5.41, 5.74) is 0. The smallest absolute Gasteiger partial charge is 0.276 e. The van der Waals surface area contributed by atoms with Crippen molar-refractivity contribution < 1.29 is 39.4 Å². The fraction of sp³-hybridized carbons (Fsp3) is 0.600. The van der Waals surface area contributed by atoms with Crippen LogP contribution in [-0.2, 0) is 35.7 Å². The molecule has 0 aromatic carbocycles. The molecule has 0 saturated heterocycles. The predicted molar refractivity (Wildman–Crippen MR) is 36.2 cm³/mol. The van der Waals surface area contributed by atoms with Crippen LogP contribution < -0.4 is 0 Å². The third-order valence-electron chi connectivity index (χ3n) is 0.853. The number of hydrogen-bond donors (Lipinski definition) is 1. The zero-order chi connectivity index (χ0) is 8.36. The van der Waals surface area contributed by atoms with Crippen molar-refractivity contribution in [3.8, 4) is 0 Å². The Bertz CT molecular complexity index is 221. The quantitative estimate of drug-likeness (QED) is 0.702. The van der Waals surface area contributed by atoms with Gasteiger partial charge in [0.05, 0.1) is 0 Å². The average Bonchev–Trinajstić information content (AvgIpc) is 1.60. The molecule has 0 heterocycles. The molecular formula is C5H9O4SW-. The van der Waals surface area contributed by atoms with E-state index in [2.05, 4.69) is 6.92 Å². The molecule has 1 atom stereocenters. The zero-order valence-corrected chi connectivity index (χ0v) is 9.73. The Morgan fingerprint density at radius 1 is 1.64 bits per heavy atom. The molecule has 4 nitrogen and oxygen atoms in total. The van der Waals surface area contributed by atoms with E-state index in [1.165, 1.54) is 0 Å². The summed E-state index contributed by atoms with van der Waals surface area (Å²) in [6, 6.07) is 0. The van der Waals surface area contributed by atoms with Crippen LogP contribution in [0.15, 0.2) is 0 Å². The maximum atomic E-state index is 10.4. The molecule has 0 saturated carbocycles. The normalized spacial score (nSPS) is 13.3. The van der Waals surface area contributed by atoms with E-state index in [4.69, 9.17) is 5.11 Å². The molecule has 0 aliphatic rings. The van der Waals surface area contributed by atoms with Crippen LogP contribution in [0.3, 0.4) is 0 Å². The van der Waals surface area contributed by atoms with Crippen molar-refractivity contribution in [3.63, 3.8) is 0 Å². The maximum Gasteiger partial charge on any atom is 0.276 e. The van der Waals surface area contributed by atoms with E-state index in [1.807, 2.05) is 0 Å². The molecule has 0 aliphatic carbocycles. The van der Waals surface area contributed by atoms with Crippen molar-refractivity contribution in [3.05, 3.63) is 6.92 Å². The Balaban J connectivity index is 0. The molecule has 0 rings (SSSR count). The molecule has 0 radical (unpaired) electrons. The van der Waals surface area contributed by atoms with Gasteiger partial charge in [-0.05, 0) is 0 Å². The molecule has 1 unspecified atom stereocenters. The van der Waals surface area contributed by atoms with Gasteiger partial charge in [0.15, 0.2) is 0 Å². The second-order valence-corrected chi connectivity index (χ2v) is 4.31. The van der Waals surface area contributed by atoms with E-state index in [0.717, 1.165) is 6.26 Å². The van der Waals surface area contributed by atoms with Gasteiger partial charge in [0.1, 0.15) is 9.84 Å². The van der Waals surface area contributed by atoms with Crippen molar-refractivity contribution >= 4 is 15.8 Å². The van der Waals surface area contributed by atoms with Gasteiger partial charge in [0, 0.05) is 33.1 Å². The molecule has 11 heavy (non-hydrogen) atoms. The SMILES string of the molecule is [CH2-]C(CS(C)(=O)=O)C(=O)O.[W]. The summed E-state index contributed by atoms with van der Waals surface area (Å²) in [6.45, 7) is 3.14. The Morgan fingerprint density at radius 2 is 2.00 bits per heavy atom. The molecule has 6 heteroatoms.